The fraction of sp³-hybridized carbons (Fsp3) is 0.190. The molecule has 2 aromatic carbocycles. The lowest BCUT2D eigenvalue weighted by Crippen LogP contribution is -2.41. The maximum absolute atomic E-state index is 13.1. The number of carbonyl (C=O) groups excluding carboxylic acids is 3. The van der Waals surface area contributed by atoms with Crippen LogP contribution < -0.4 is 20.1 Å². The van der Waals surface area contributed by atoms with Gasteiger partial charge in [-0.2, -0.15) is 0 Å². The monoisotopic (exact) mass is 443 g/mol. The smallest absolute Gasteiger partial charge is 0.458 e. The van der Waals surface area contributed by atoms with Crippen LogP contribution in [0.5, 0.6) is 11.5 Å². The van der Waals surface area contributed by atoms with Gasteiger partial charge in [0.15, 0.2) is 17.0 Å². The standard InChI is InChI=1S/C21H15F2N3O6/c1-20(16-8-11-4-2-3-5-13(11)30-16)18(28)26(19(29)25-20)10-17(27)24-12-6-7-14-15(9-12)32-21(22,23)31-14/h2-9H,10H2,1H3,(H,24,27)(H,25,29). The van der Waals surface area contributed by atoms with Crippen LogP contribution in [-0.2, 0) is 15.1 Å². The highest BCUT2D eigenvalue weighted by atomic mass is 19.3. The Morgan fingerprint density at radius 2 is 1.84 bits per heavy atom. The fourth-order valence-electron chi connectivity index (χ4n) is 3.61. The Kier molecular flexibility index (Phi) is 4.13. The Bertz CT molecular complexity index is 1260. The molecule has 3 aromatic rings. The summed E-state index contributed by atoms with van der Waals surface area (Å²) in [6.07, 6.45) is -3.79. The minimum atomic E-state index is -3.79. The van der Waals surface area contributed by atoms with E-state index in [1.807, 2.05) is 6.07 Å². The number of fused-ring (bicyclic) bond motifs is 2. The van der Waals surface area contributed by atoms with Crippen molar-refractivity contribution in [2.45, 2.75) is 18.8 Å². The summed E-state index contributed by atoms with van der Waals surface area (Å²) >= 11 is 0. The number of rotatable bonds is 4. The van der Waals surface area contributed by atoms with Gasteiger partial charge in [0.1, 0.15) is 17.9 Å². The van der Waals surface area contributed by atoms with Crippen molar-refractivity contribution in [3.05, 3.63) is 54.3 Å². The molecule has 9 nitrogen and oxygen atoms in total. The highest BCUT2D eigenvalue weighted by Crippen LogP contribution is 2.42. The second-order valence-corrected chi connectivity index (χ2v) is 7.47. The second kappa shape index (κ2) is 6.67. The molecule has 1 fully saturated rings. The number of para-hydroxylation sites is 1. The summed E-state index contributed by atoms with van der Waals surface area (Å²) in [7, 11) is 0. The van der Waals surface area contributed by atoms with E-state index in [4.69, 9.17) is 4.42 Å². The molecule has 5 rings (SSSR count). The summed E-state index contributed by atoms with van der Waals surface area (Å²) in [5, 5.41) is 5.76. The van der Waals surface area contributed by atoms with Crippen molar-refractivity contribution in [2.24, 2.45) is 0 Å². The molecule has 0 saturated carbocycles. The van der Waals surface area contributed by atoms with Crippen molar-refractivity contribution in [1.82, 2.24) is 10.2 Å². The Balaban J connectivity index is 1.31. The van der Waals surface area contributed by atoms with Gasteiger partial charge in [-0.05, 0) is 31.2 Å². The Morgan fingerprint density at radius 3 is 2.62 bits per heavy atom. The SMILES string of the molecule is CC1(c2cc3ccccc3o2)NC(=O)N(CC(=O)Nc2ccc3c(c2)OC(F)(F)O3)C1=O. The number of nitrogens with one attached hydrogen (secondary N) is 2. The van der Waals surface area contributed by atoms with Crippen LogP contribution in [0, 0.1) is 0 Å². The van der Waals surface area contributed by atoms with E-state index in [9.17, 15) is 23.2 Å². The lowest BCUT2D eigenvalue weighted by atomic mass is 9.99. The summed E-state index contributed by atoms with van der Waals surface area (Å²) in [6, 6.07) is 11.7. The molecule has 164 valence electrons. The van der Waals surface area contributed by atoms with E-state index in [1.54, 1.807) is 24.3 Å². The number of ether oxygens (including phenoxy) is 2. The summed E-state index contributed by atoms with van der Waals surface area (Å²) < 4.78 is 40.6. The zero-order valence-electron chi connectivity index (χ0n) is 16.5. The van der Waals surface area contributed by atoms with E-state index >= 15 is 0 Å². The molecule has 1 unspecified atom stereocenters. The minimum Gasteiger partial charge on any atom is -0.458 e. The van der Waals surface area contributed by atoms with Gasteiger partial charge in [0.05, 0.1) is 0 Å². The first-order valence-corrected chi connectivity index (χ1v) is 9.47. The summed E-state index contributed by atoms with van der Waals surface area (Å²) in [5.41, 5.74) is -0.807. The molecular weight excluding hydrogens is 428 g/mol. The van der Waals surface area contributed by atoms with Crippen LogP contribution in [0.3, 0.4) is 0 Å². The number of hydrogen-bond acceptors (Lipinski definition) is 6. The number of urea groups is 1. The number of carbonyl (C=O) groups is 3. The van der Waals surface area contributed by atoms with E-state index in [0.29, 0.717) is 5.58 Å². The van der Waals surface area contributed by atoms with Crippen LogP contribution >= 0.6 is 0 Å². The van der Waals surface area contributed by atoms with E-state index in [2.05, 4.69) is 20.1 Å². The van der Waals surface area contributed by atoms with Gasteiger partial charge in [-0.15, -0.1) is 8.78 Å². The van der Waals surface area contributed by atoms with E-state index in [0.717, 1.165) is 16.4 Å². The quantitative estimate of drug-likeness (QED) is 0.600. The van der Waals surface area contributed by atoms with Gasteiger partial charge in [0.25, 0.3) is 5.91 Å². The average molecular weight is 443 g/mol. The summed E-state index contributed by atoms with van der Waals surface area (Å²) in [6.45, 7) is 0.895. The lowest BCUT2D eigenvalue weighted by Gasteiger charge is -2.18. The molecule has 0 spiro atoms. The predicted molar refractivity (Wildman–Crippen MR) is 105 cm³/mol. The van der Waals surface area contributed by atoms with Gasteiger partial charge in [-0.3, -0.25) is 14.5 Å². The molecule has 1 saturated heterocycles. The third kappa shape index (κ3) is 3.18. The van der Waals surface area contributed by atoms with Crippen molar-refractivity contribution in [2.75, 3.05) is 11.9 Å². The number of nitrogens with zero attached hydrogens (tertiary/aromatic N) is 1. The maximum atomic E-state index is 13.1. The Labute approximate surface area is 178 Å². The molecule has 1 atom stereocenters. The topological polar surface area (TPSA) is 110 Å². The van der Waals surface area contributed by atoms with Crippen LogP contribution in [0.1, 0.15) is 12.7 Å². The van der Waals surface area contributed by atoms with Gasteiger partial charge in [-0.25, -0.2) is 4.79 Å². The Morgan fingerprint density at radius 1 is 1.09 bits per heavy atom. The third-order valence-corrected chi connectivity index (χ3v) is 5.18. The Hall–Kier alpha value is -4.15. The van der Waals surface area contributed by atoms with Crippen molar-refractivity contribution in [3.63, 3.8) is 0 Å². The van der Waals surface area contributed by atoms with Crippen LogP contribution in [0.2, 0.25) is 0 Å². The van der Waals surface area contributed by atoms with E-state index in [1.165, 1.54) is 19.1 Å². The van der Waals surface area contributed by atoms with Crippen LogP contribution in [-0.4, -0.2) is 35.6 Å². The highest BCUT2D eigenvalue weighted by Gasteiger charge is 2.51. The molecule has 0 aliphatic carbocycles. The molecule has 0 radical (unpaired) electrons. The van der Waals surface area contributed by atoms with Gasteiger partial charge in [-0.1, -0.05) is 18.2 Å². The first-order chi connectivity index (χ1) is 15.1. The van der Waals surface area contributed by atoms with Crippen LogP contribution in [0.4, 0.5) is 19.3 Å². The second-order valence-electron chi connectivity index (χ2n) is 7.47. The van der Waals surface area contributed by atoms with Gasteiger partial charge < -0.3 is 24.5 Å². The normalized spacial score (nSPS) is 21.2. The van der Waals surface area contributed by atoms with Gasteiger partial charge in [0.2, 0.25) is 5.91 Å². The number of amides is 4. The number of benzene rings is 2. The lowest BCUT2D eigenvalue weighted by molar-refractivity contribution is -0.286. The number of imide groups is 1. The molecule has 32 heavy (non-hydrogen) atoms. The number of furan rings is 1. The minimum absolute atomic E-state index is 0.127. The third-order valence-electron chi connectivity index (χ3n) is 5.18. The fourth-order valence-corrected chi connectivity index (χ4v) is 3.61. The first kappa shape index (κ1) is 19.8. The molecule has 2 N–H and O–H groups in total. The van der Waals surface area contributed by atoms with Crippen molar-refractivity contribution >= 4 is 34.5 Å². The average Bonchev–Trinajstić information content (AvgIpc) is 3.36. The molecule has 1 aromatic heterocycles. The van der Waals surface area contributed by atoms with Gasteiger partial charge >= 0.3 is 12.3 Å². The highest BCUT2D eigenvalue weighted by molar-refractivity contribution is 6.10. The van der Waals surface area contributed by atoms with Crippen molar-refractivity contribution in [1.29, 1.82) is 0 Å². The zero-order valence-corrected chi connectivity index (χ0v) is 16.5. The number of halogens is 2. The zero-order chi connectivity index (χ0) is 22.7. The van der Waals surface area contributed by atoms with Crippen LogP contribution in [0.25, 0.3) is 11.0 Å². The molecule has 3 heterocycles. The maximum Gasteiger partial charge on any atom is 0.586 e. The molecular formula is C21H15F2N3O6. The van der Waals surface area contributed by atoms with E-state index in [-0.39, 0.29) is 22.9 Å². The molecule has 4 amide bonds. The summed E-state index contributed by atoms with van der Waals surface area (Å²) in [4.78, 5) is 38.7. The molecule has 2 aliphatic heterocycles. The molecule has 11 heteroatoms. The predicted octanol–water partition coefficient (Wildman–Crippen LogP) is 3.16. The number of alkyl halides is 2. The van der Waals surface area contributed by atoms with E-state index < -0.39 is 36.2 Å². The first-order valence-electron chi connectivity index (χ1n) is 9.47. The van der Waals surface area contributed by atoms with Gasteiger partial charge in [0, 0.05) is 17.1 Å². The molecule has 0 bridgehead atoms. The van der Waals surface area contributed by atoms with Crippen molar-refractivity contribution in [3.8, 4) is 11.5 Å². The largest absolute Gasteiger partial charge is 0.586 e. The van der Waals surface area contributed by atoms with Crippen LogP contribution in [0.15, 0.2) is 52.9 Å². The number of hydrogen-bond donors (Lipinski definition) is 2. The summed E-state index contributed by atoms with van der Waals surface area (Å²) in [5.74, 6) is -1.57. The van der Waals surface area contributed by atoms with Crippen molar-refractivity contribution < 1.29 is 37.1 Å². The molecule has 2 aliphatic rings. The number of anilines is 1.